The summed E-state index contributed by atoms with van der Waals surface area (Å²) in [4.78, 5) is 30.0. The van der Waals surface area contributed by atoms with E-state index in [1.54, 1.807) is 13.1 Å². The molecule has 0 unspecified atom stereocenters. The molecule has 9 heteroatoms. The zero-order valence-corrected chi connectivity index (χ0v) is 19.5. The topological polar surface area (TPSA) is 98.8 Å². The normalized spacial score (nSPS) is 13.4. The first kappa shape index (κ1) is 21.8. The van der Waals surface area contributed by atoms with Gasteiger partial charge in [0, 0.05) is 31.7 Å². The molecule has 1 fully saturated rings. The van der Waals surface area contributed by atoms with E-state index in [2.05, 4.69) is 10.6 Å². The van der Waals surface area contributed by atoms with E-state index in [1.165, 1.54) is 38.0 Å². The van der Waals surface area contributed by atoms with Crippen molar-refractivity contribution < 1.29 is 24.2 Å². The van der Waals surface area contributed by atoms with E-state index >= 15 is 0 Å². The summed E-state index contributed by atoms with van der Waals surface area (Å²) in [7, 11) is 6.47. The van der Waals surface area contributed by atoms with Gasteiger partial charge in [-0.05, 0) is 49.1 Å². The quantitative estimate of drug-likeness (QED) is 0.453. The summed E-state index contributed by atoms with van der Waals surface area (Å²) >= 11 is 0. The van der Waals surface area contributed by atoms with Gasteiger partial charge in [-0.2, -0.15) is 0 Å². The number of carboxylic acids is 1. The number of carbonyl (C=O) groups is 2. The second-order valence-electron chi connectivity index (χ2n) is 8.70. The summed E-state index contributed by atoms with van der Waals surface area (Å²) in [5.74, 6) is 0.746. The molecule has 0 spiro atoms. The van der Waals surface area contributed by atoms with Crippen molar-refractivity contribution in [2.75, 3.05) is 26.2 Å². The van der Waals surface area contributed by atoms with Gasteiger partial charge in [-0.3, -0.25) is 4.90 Å². The van der Waals surface area contributed by atoms with Crippen LogP contribution in [0.1, 0.15) is 23.2 Å². The van der Waals surface area contributed by atoms with E-state index < -0.39 is 12.1 Å². The third kappa shape index (κ3) is 3.53. The van der Waals surface area contributed by atoms with Gasteiger partial charge < -0.3 is 23.7 Å². The van der Waals surface area contributed by atoms with Gasteiger partial charge in [-0.25, -0.2) is 14.6 Å². The Labute approximate surface area is 196 Å². The average Bonchev–Trinajstić information content (AvgIpc) is 3.51. The molecular weight excluding hydrogens is 436 g/mol. The molecule has 0 radical (unpaired) electrons. The number of nitrogens with zero attached hydrogens (tertiary/aromatic N) is 4. The Morgan fingerprint density at radius 3 is 2.59 bits per heavy atom. The third-order valence-corrected chi connectivity index (χ3v) is 6.49. The summed E-state index contributed by atoms with van der Waals surface area (Å²) in [5.41, 5.74) is 4.08. The fourth-order valence-electron chi connectivity index (χ4n) is 4.45. The largest absolute Gasteiger partial charge is 0.494 e. The lowest BCUT2D eigenvalue weighted by molar-refractivity contribution is 0.0696. The number of aromatic carboxylic acids is 1. The van der Waals surface area contributed by atoms with Crippen LogP contribution in [0, 0.1) is 5.92 Å². The lowest BCUT2D eigenvalue weighted by atomic mass is 10.2. The number of amides is 1. The summed E-state index contributed by atoms with van der Waals surface area (Å²) in [6.07, 6.45) is 1.93. The van der Waals surface area contributed by atoms with Crippen LogP contribution in [0.4, 0.5) is 10.5 Å². The standard InChI is InChI=1S/C25H26N4O5/c1-27(25(32)34-4)17-8-7-15-10-20(29(19(15)12-17)13-14-5-6-14)23-26-18-9-16(24(30)31)11-21(33-3)22(18)28(23)2/h7-12,14H,5-6,13H2,1-4H3,(H,30,31). The molecule has 2 heterocycles. The van der Waals surface area contributed by atoms with Crippen LogP contribution in [0.3, 0.4) is 0 Å². The van der Waals surface area contributed by atoms with E-state index in [0.29, 0.717) is 17.2 Å². The number of aromatic nitrogens is 3. The van der Waals surface area contributed by atoms with Gasteiger partial charge in [0.15, 0.2) is 5.82 Å². The molecule has 0 bridgehead atoms. The van der Waals surface area contributed by atoms with Crippen LogP contribution in [0.2, 0.25) is 0 Å². The van der Waals surface area contributed by atoms with Crippen LogP contribution in [-0.4, -0.2) is 52.6 Å². The molecular formula is C25H26N4O5. The number of hydrogen-bond acceptors (Lipinski definition) is 5. The number of benzene rings is 2. The zero-order valence-electron chi connectivity index (χ0n) is 19.5. The van der Waals surface area contributed by atoms with Crippen molar-refractivity contribution in [1.29, 1.82) is 0 Å². The van der Waals surface area contributed by atoms with Gasteiger partial charge in [-0.15, -0.1) is 0 Å². The maximum absolute atomic E-state index is 12.1. The predicted molar refractivity (Wildman–Crippen MR) is 129 cm³/mol. The maximum Gasteiger partial charge on any atom is 0.413 e. The van der Waals surface area contributed by atoms with Crippen LogP contribution in [0.25, 0.3) is 33.5 Å². The Morgan fingerprint density at radius 2 is 1.94 bits per heavy atom. The van der Waals surface area contributed by atoms with E-state index in [4.69, 9.17) is 14.5 Å². The minimum atomic E-state index is -1.03. The molecule has 1 N–H and O–H groups in total. The number of methoxy groups -OCH3 is 2. The molecule has 1 amide bonds. The molecule has 9 nitrogen and oxygen atoms in total. The van der Waals surface area contributed by atoms with Gasteiger partial charge in [0.2, 0.25) is 0 Å². The molecule has 34 heavy (non-hydrogen) atoms. The number of rotatable bonds is 6. The predicted octanol–water partition coefficient (Wildman–Crippen LogP) is 4.51. The number of anilines is 1. The number of carbonyl (C=O) groups excluding carboxylic acids is 1. The summed E-state index contributed by atoms with van der Waals surface area (Å²) in [6.45, 7) is 0.838. The number of ether oxygens (including phenoxy) is 2. The average molecular weight is 463 g/mol. The van der Waals surface area contributed by atoms with Gasteiger partial charge in [0.25, 0.3) is 0 Å². The van der Waals surface area contributed by atoms with Crippen LogP contribution < -0.4 is 9.64 Å². The fraction of sp³-hybridized carbons (Fsp3) is 0.320. The van der Waals surface area contributed by atoms with E-state index in [0.717, 1.165) is 40.2 Å². The highest BCUT2D eigenvalue weighted by atomic mass is 16.5. The highest BCUT2D eigenvalue weighted by Gasteiger charge is 2.26. The summed E-state index contributed by atoms with van der Waals surface area (Å²) in [5, 5.41) is 10.5. The van der Waals surface area contributed by atoms with Gasteiger partial charge in [-0.1, -0.05) is 6.07 Å². The molecule has 5 rings (SSSR count). The minimum Gasteiger partial charge on any atom is -0.494 e. The van der Waals surface area contributed by atoms with Crippen LogP contribution in [-0.2, 0) is 18.3 Å². The van der Waals surface area contributed by atoms with Crippen LogP contribution >= 0.6 is 0 Å². The number of aryl methyl sites for hydroxylation is 1. The number of fused-ring (bicyclic) bond motifs is 2. The summed E-state index contributed by atoms with van der Waals surface area (Å²) < 4.78 is 14.6. The van der Waals surface area contributed by atoms with Gasteiger partial charge in [0.05, 0.1) is 36.5 Å². The van der Waals surface area contributed by atoms with Gasteiger partial charge >= 0.3 is 12.1 Å². The van der Waals surface area contributed by atoms with E-state index in [-0.39, 0.29) is 5.56 Å². The Kier molecular flexibility index (Phi) is 5.19. The second-order valence-corrected chi connectivity index (χ2v) is 8.70. The lowest BCUT2D eigenvalue weighted by Crippen LogP contribution is -2.25. The fourth-order valence-corrected chi connectivity index (χ4v) is 4.45. The Balaban J connectivity index is 1.72. The zero-order chi connectivity index (χ0) is 24.1. The Bertz CT molecular complexity index is 1450. The van der Waals surface area contributed by atoms with Crippen LogP contribution in [0.15, 0.2) is 36.4 Å². The summed E-state index contributed by atoms with van der Waals surface area (Å²) in [6, 6.07) is 11.0. The first-order valence-corrected chi connectivity index (χ1v) is 11.1. The Morgan fingerprint density at radius 1 is 1.18 bits per heavy atom. The van der Waals surface area contributed by atoms with Crippen molar-refractivity contribution >= 4 is 39.7 Å². The third-order valence-electron chi connectivity index (χ3n) is 6.49. The molecule has 1 aliphatic rings. The van der Waals surface area contributed by atoms with Crippen molar-refractivity contribution in [3.63, 3.8) is 0 Å². The smallest absolute Gasteiger partial charge is 0.413 e. The van der Waals surface area contributed by atoms with Crippen molar-refractivity contribution in [2.45, 2.75) is 19.4 Å². The van der Waals surface area contributed by atoms with Crippen LogP contribution in [0.5, 0.6) is 5.75 Å². The van der Waals surface area contributed by atoms with Crippen molar-refractivity contribution in [3.05, 3.63) is 42.0 Å². The SMILES string of the molecule is COC(=O)N(C)c1ccc2cc(-c3nc4cc(C(=O)O)cc(OC)c4n3C)n(CC3CC3)c2c1. The molecule has 0 saturated heterocycles. The van der Waals surface area contributed by atoms with Crippen molar-refractivity contribution in [1.82, 2.24) is 14.1 Å². The molecule has 176 valence electrons. The first-order chi connectivity index (χ1) is 16.3. The second kappa shape index (κ2) is 8.09. The van der Waals surface area contributed by atoms with Crippen molar-refractivity contribution in [3.8, 4) is 17.3 Å². The molecule has 1 aliphatic carbocycles. The highest BCUT2D eigenvalue weighted by molar-refractivity contribution is 5.97. The monoisotopic (exact) mass is 462 g/mol. The molecule has 2 aromatic carbocycles. The lowest BCUT2D eigenvalue weighted by Gasteiger charge is -2.16. The molecule has 0 aliphatic heterocycles. The molecule has 0 atom stereocenters. The number of imidazole rings is 1. The highest BCUT2D eigenvalue weighted by Crippen LogP contribution is 2.38. The molecule has 4 aromatic rings. The number of carboxylic acid groups (broad SMARTS) is 1. The molecule has 1 saturated carbocycles. The van der Waals surface area contributed by atoms with Crippen molar-refractivity contribution in [2.24, 2.45) is 13.0 Å². The van der Waals surface area contributed by atoms with E-state index in [9.17, 15) is 14.7 Å². The Hall–Kier alpha value is -4.01. The molecule has 2 aromatic heterocycles. The maximum atomic E-state index is 12.1. The minimum absolute atomic E-state index is 0.128. The first-order valence-electron chi connectivity index (χ1n) is 11.1. The van der Waals surface area contributed by atoms with E-state index in [1.807, 2.05) is 29.8 Å². The van der Waals surface area contributed by atoms with Gasteiger partial charge in [0.1, 0.15) is 11.3 Å². The number of hydrogen-bond donors (Lipinski definition) is 1.